The predicted octanol–water partition coefficient (Wildman–Crippen LogP) is 3.28. The van der Waals surface area contributed by atoms with Crippen LogP contribution in [0.15, 0.2) is 60.8 Å². The van der Waals surface area contributed by atoms with Crippen molar-refractivity contribution in [1.82, 2.24) is 4.98 Å². The molecule has 0 aliphatic carbocycles. The molecule has 20 heavy (non-hydrogen) atoms. The molecule has 1 heterocycles. The Labute approximate surface area is 115 Å². The molecule has 3 heteroatoms. The van der Waals surface area contributed by atoms with E-state index in [2.05, 4.69) is 4.98 Å². The van der Waals surface area contributed by atoms with Crippen molar-refractivity contribution in [2.45, 2.75) is 0 Å². The number of ketones is 1. The molecule has 0 unspecified atom stereocenters. The van der Waals surface area contributed by atoms with Crippen molar-refractivity contribution in [2.75, 3.05) is 0 Å². The van der Waals surface area contributed by atoms with Gasteiger partial charge in [0.2, 0.25) is 0 Å². The summed E-state index contributed by atoms with van der Waals surface area (Å²) in [4.78, 5) is 27.5. The lowest BCUT2D eigenvalue weighted by Crippen LogP contribution is -2.03. The summed E-state index contributed by atoms with van der Waals surface area (Å²) in [7, 11) is 0. The van der Waals surface area contributed by atoms with E-state index in [1.807, 2.05) is 24.3 Å². The zero-order valence-electron chi connectivity index (χ0n) is 10.6. The minimum Gasteiger partial charge on any atom is -0.298 e. The van der Waals surface area contributed by atoms with E-state index in [1.54, 1.807) is 36.5 Å². The van der Waals surface area contributed by atoms with Crippen molar-refractivity contribution < 1.29 is 9.59 Å². The number of nitrogens with zero attached hydrogens (tertiary/aromatic N) is 1. The fraction of sp³-hybridized carbons (Fsp3) is 0. The zero-order valence-corrected chi connectivity index (χ0v) is 10.6. The van der Waals surface area contributed by atoms with Crippen LogP contribution in [0.2, 0.25) is 0 Å². The lowest BCUT2D eigenvalue weighted by molar-refractivity contribution is 0.103. The van der Waals surface area contributed by atoms with E-state index in [9.17, 15) is 9.59 Å². The van der Waals surface area contributed by atoms with E-state index in [0.717, 1.165) is 11.7 Å². The standard InChI is InChI=1S/C17H11NO2/c19-11-12-6-8-14(9-7-12)17(20)15-5-1-3-13-4-2-10-18-16(13)15/h1-11H. The van der Waals surface area contributed by atoms with Crippen LogP contribution in [0.5, 0.6) is 0 Å². The van der Waals surface area contributed by atoms with E-state index in [1.165, 1.54) is 0 Å². The molecule has 3 rings (SSSR count). The number of rotatable bonds is 3. The van der Waals surface area contributed by atoms with Crippen molar-refractivity contribution in [3.05, 3.63) is 77.5 Å². The molecule has 0 amide bonds. The van der Waals surface area contributed by atoms with Crippen LogP contribution in [0.25, 0.3) is 10.9 Å². The zero-order chi connectivity index (χ0) is 13.9. The van der Waals surface area contributed by atoms with E-state index < -0.39 is 0 Å². The van der Waals surface area contributed by atoms with Crippen molar-refractivity contribution in [3.63, 3.8) is 0 Å². The van der Waals surface area contributed by atoms with Crippen molar-refractivity contribution in [2.24, 2.45) is 0 Å². The topological polar surface area (TPSA) is 47.0 Å². The highest BCUT2D eigenvalue weighted by Crippen LogP contribution is 2.19. The van der Waals surface area contributed by atoms with E-state index in [4.69, 9.17) is 0 Å². The number of aromatic nitrogens is 1. The van der Waals surface area contributed by atoms with Gasteiger partial charge in [-0.3, -0.25) is 14.6 Å². The molecule has 0 aliphatic heterocycles. The molecule has 0 spiro atoms. The summed E-state index contributed by atoms with van der Waals surface area (Å²) < 4.78 is 0. The van der Waals surface area contributed by atoms with Crippen LogP contribution >= 0.6 is 0 Å². The van der Waals surface area contributed by atoms with Gasteiger partial charge in [0.1, 0.15) is 6.29 Å². The van der Waals surface area contributed by atoms with E-state index in [0.29, 0.717) is 22.2 Å². The lowest BCUT2D eigenvalue weighted by atomic mass is 10.00. The molecule has 96 valence electrons. The lowest BCUT2D eigenvalue weighted by Gasteiger charge is -2.05. The quantitative estimate of drug-likeness (QED) is 0.537. The van der Waals surface area contributed by atoms with Gasteiger partial charge >= 0.3 is 0 Å². The number of fused-ring (bicyclic) bond motifs is 1. The van der Waals surface area contributed by atoms with Crippen LogP contribution in [0.1, 0.15) is 26.3 Å². The van der Waals surface area contributed by atoms with Crippen LogP contribution in [0.3, 0.4) is 0 Å². The fourth-order valence-corrected chi connectivity index (χ4v) is 2.16. The molecule has 3 aromatic rings. The third-order valence-electron chi connectivity index (χ3n) is 3.19. The first-order chi connectivity index (χ1) is 9.79. The number of hydrogen-bond donors (Lipinski definition) is 0. The Morgan fingerprint density at radius 2 is 1.70 bits per heavy atom. The Morgan fingerprint density at radius 1 is 0.950 bits per heavy atom. The van der Waals surface area contributed by atoms with Gasteiger partial charge in [-0.05, 0) is 12.1 Å². The Morgan fingerprint density at radius 3 is 2.45 bits per heavy atom. The maximum atomic E-state index is 12.5. The van der Waals surface area contributed by atoms with Gasteiger partial charge in [-0.2, -0.15) is 0 Å². The molecule has 0 atom stereocenters. The molecular weight excluding hydrogens is 250 g/mol. The molecular formula is C17H11NO2. The summed E-state index contributed by atoms with van der Waals surface area (Å²) in [6, 6.07) is 15.9. The summed E-state index contributed by atoms with van der Waals surface area (Å²) >= 11 is 0. The van der Waals surface area contributed by atoms with Crippen molar-refractivity contribution in [3.8, 4) is 0 Å². The average molecular weight is 261 g/mol. The Bertz CT molecular complexity index is 786. The molecule has 3 nitrogen and oxygen atoms in total. The molecule has 0 radical (unpaired) electrons. The fourth-order valence-electron chi connectivity index (χ4n) is 2.16. The van der Waals surface area contributed by atoms with Crippen molar-refractivity contribution in [1.29, 1.82) is 0 Å². The normalized spacial score (nSPS) is 10.4. The number of aldehydes is 1. The summed E-state index contributed by atoms with van der Waals surface area (Å²) in [6.07, 6.45) is 2.43. The van der Waals surface area contributed by atoms with E-state index >= 15 is 0 Å². The molecule has 1 aromatic heterocycles. The number of pyridine rings is 1. The molecule has 0 bridgehead atoms. The summed E-state index contributed by atoms with van der Waals surface area (Å²) in [5.41, 5.74) is 2.37. The summed E-state index contributed by atoms with van der Waals surface area (Å²) in [5, 5.41) is 0.933. The number of para-hydroxylation sites is 1. The Hall–Kier alpha value is -2.81. The van der Waals surface area contributed by atoms with Crippen LogP contribution in [-0.2, 0) is 0 Å². The van der Waals surface area contributed by atoms with Crippen LogP contribution in [-0.4, -0.2) is 17.1 Å². The van der Waals surface area contributed by atoms with Crippen LogP contribution < -0.4 is 0 Å². The average Bonchev–Trinajstić information content (AvgIpc) is 2.54. The van der Waals surface area contributed by atoms with Crippen LogP contribution in [0, 0.1) is 0 Å². The Balaban J connectivity index is 2.10. The van der Waals surface area contributed by atoms with Gasteiger partial charge in [0, 0.05) is 28.3 Å². The number of carbonyl (C=O) groups is 2. The first-order valence-electron chi connectivity index (χ1n) is 6.23. The summed E-state index contributed by atoms with van der Waals surface area (Å²) in [5.74, 6) is -0.0910. The highest BCUT2D eigenvalue weighted by atomic mass is 16.1. The first kappa shape index (κ1) is 12.2. The van der Waals surface area contributed by atoms with Gasteiger partial charge < -0.3 is 0 Å². The second kappa shape index (κ2) is 5.05. The highest BCUT2D eigenvalue weighted by molar-refractivity contribution is 6.15. The molecule has 0 fully saturated rings. The van der Waals surface area contributed by atoms with Gasteiger partial charge in [0.15, 0.2) is 5.78 Å². The maximum absolute atomic E-state index is 12.5. The molecule has 0 saturated heterocycles. The van der Waals surface area contributed by atoms with Gasteiger partial charge in [0.25, 0.3) is 0 Å². The first-order valence-corrected chi connectivity index (χ1v) is 6.23. The van der Waals surface area contributed by atoms with E-state index in [-0.39, 0.29) is 5.78 Å². The smallest absolute Gasteiger partial charge is 0.195 e. The summed E-state index contributed by atoms with van der Waals surface area (Å²) in [6.45, 7) is 0. The van der Waals surface area contributed by atoms with Gasteiger partial charge in [-0.25, -0.2) is 0 Å². The molecule has 0 N–H and O–H groups in total. The number of carbonyl (C=O) groups excluding carboxylic acids is 2. The number of benzene rings is 2. The van der Waals surface area contributed by atoms with Crippen LogP contribution in [0.4, 0.5) is 0 Å². The number of hydrogen-bond acceptors (Lipinski definition) is 3. The minimum absolute atomic E-state index is 0.0910. The third-order valence-corrected chi connectivity index (χ3v) is 3.19. The van der Waals surface area contributed by atoms with Gasteiger partial charge in [-0.1, -0.05) is 42.5 Å². The Kier molecular flexibility index (Phi) is 3.09. The second-order valence-corrected chi connectivity index (χ2v) is 4.45. The predicted molar refractivity (Wildman–Crippen MR) is 77.0 cm³/mol. The molecule has 2 aromatic carbocycles. The largest absolute Gasteiger partial charge is 0.298 e. The third kappa shape index (κ3) is 2.10. The highest BCUT2D eigenvalue weighted by Gasteiger charge is 2.12. The maximum Gasteiger partial charge on any atom is 0.195 e. The van der Waals surface area contributed by atoms with Crippen molar-refractivity contribution >= 4 is 23.0 Å². The SMILES string of the molecule is O=Cc1ccc(C(=O)c2cccc3cccnc23)cc1. The minimum atomic E-state index is -0.0910. The van der Waals surface area contributed by atoms with Gasteiger partial charge in [0.05, 0.1) is 5.52 Å². The second-order valence-electron chi connectivity index (χ2n) is 4.45. The molecule has 0 saturated carbocycles. The van der Waals surface area contributed by atoms with Gasteiger partial charge in [-0.15, -0.1) is 0 Å². The monoisotopic (exact) mass is 261 g/mol. The molecule has 0 aliphatic rings.